The van der Waals surface area contributed by atoms with Crippen LogP contribution >= 0.6 is 0 Å². The van der Waals surface area contributed by atoms with Crippen LogP contribution in [0, 0.1) is 5.92 Å². The molecule has 2 aliphatic rings. The van der Waals surface area contributed by atoms with Crippen LogP contribution in [0.25, 0.3) is 0 Å². The molecule has 2 unspecified atom stereocenters. The zero-order valence-corrected chi connectivity index (χ0v) is 11.8. The maximum absolute atomic E-state index is 12.2. The molecular formula is C14H27N3O. The quantitative estimate of drug-likeness (QED) is 0.818. The molecule has 2 aliphatic heterocycles. The molecule has 0 bridgehead atoms. The summed E-state index contributed by atoms with van der Waals surface area (Å²) in [6, 6.07) is 0.605. The second-order valence-electron chi connectivity index (χ2n) is 6.14. The first-order valence-electron chi connectivity index (χ1n) is 7.35. The first-order valence-corrected chi connectivity index (χ1v) is 7.35. The van der Waals surface area contributed by atoms with E-state index in [9.17, 15) is 4.79 Å². The minimum atomic E-state index is 0.00175. The zero-order chi connectivity index (χ0) is 13.1. The van der Waals surface area contributed by atoms with Gasteiger partial charge in [-0.2, -0.15) is 0 Å². The zero-order valence-electron chi connectivity index (χ0n) is 11.8. The van der Waals surface area contributed by atoms with Gasteiger partial charge in [0.25, 0.3) is 0 Å². The van der Waals surface area contributed by atoms with E-state index in [1.807, 2.05) is 4.90 Å². The van der Waals surface area contributed by atoms with Gasteiger partial charge in [-0.25, -0.2) is 0 Å². The number of amides is 1. The summed E-state index contributed by atoms with van der Waals surface area (Å²) in [4.78, 5) is 16.8. The van der Waals surface area contributed by atoms with Gasteiger partial charge in [0, 0.05) is 38.1 Å². The van der Waals surface area contributed by atoms with Gasteiger partial charge in [0.05, 0.1) is 0 Å². The van der Waals surface area contributed by atoms with E-state index in [4.69, 9.17) is 5.73 Å². The number of rotatable bonds is 3. The number of carbonyl (C=O) groups excluding carboxylic acids is 1. The van der Waals surface area contributed by atoms with Crippen molar-refractivity contribution in [2.45, 2.75) is 51.6 Å². The van der Waals surface area contributed by atoms with Crippen LogP contribution in [-0.4, -0.2) is 54.0 Å². The van der Waals surface area contributed by atoms with Gasteiger partial charge in [-0.05, 0) is 25.3 Å². The van der Waals surface area contributed by atoms with Gasteiger partial charge in [-0.3, -0.25) is 9.69 Å². The molecule has 4 heteroatoms. The lowest BCUT2D eigenvalue weighted by atomic mass is 9.98. The summed E-state index contributed by atoms with van der Waals surface area (Å²) in [6.07, 6.45) is 4.39. The van der Waals surface area contributed by atoms with Crippen LogP contribution in [0.3, 0.4) is 0 Å². The summed E-state index contributed by atoms with van der Waals surface area (Å²) in [7, 11) is 0. The van der Waals surface area contributed by atoms with E-state index >= 15 is 0 Å². The largest absolute Gasteiger partial charge is 0.340 e. The van der Waals surface area contributed by atoms with Crippen molar-refractivity contribution in [3.05, 3.63) is 0 Å². The van der Waals surface area contributed by atoms with Crippen molar-refractivity contribution in [2.24, 2.45) is 11.7 Å². The molecular weight excluding hydrogens is 226 g/mol. The van der Waals surface area contributed by atoms with Crippen LogP contribution < -0.4 is 5.73 Å². The van der Waals surface area contributed by atoms with Gasteiger partial charge < -0.3 is 10.6 Å². The van der Waals surface area contributed by atoms with Gasteiger partial charge in [0.2, 0.25) is 5.91 Å². The second-order valence-corrected chi connectivity index (χ2v) is 6.14. The van der Waals surface area contributed by atoms with Crippen molar-refractivity contribution < 1.29 is 4.79 Å². The molecule has 2 saturated heterocycles. The van der Waals surface area contributed by atoms with Crippen LogP contribution in [0.1, 0.15) is 39.5 Å². The fraction of sp³-hybridized carbons (Fsp3) is 0.929. The van der Waals surface area contributed by atoms with E-state index in [-0.39, 0.29) is 11.9 Å². The first kappa shape index (κ1) is 13.8. The monoisotopic (exact) mass is 253 g/mol. The lowest BCUT2D eigenvalue weighted by Gasteiger charge is -2.44. The molecule has 1 amide bonds. The molecule has 0 aromatic carbocycles. The third kappa shape index (κ3) is 3.23. The highest BCUT2D eigenvalue weighted by Crippen LogP contribution is 2.21. The van der Waals surface area contributed by atoms with Crippen molar-refractivity contribution in [1.82, 2.24) is 9.80 Å². The highest BCUT2D eigenvalue weighted by atomic mass is 16.2. The summed E-state index contributed by atoms with van der Waals surface area (Å²) in [6.45, 7) is 8.24. The maximum Gasteiger partial charge on any atom is 0.224 e. The average molecular weight is 253 g/mol. The van der Waals surface area contributed by atoms with Crippen LogP contribution in [0.4, 0.5) is 0 Å². The molecule has 0 aliphatic carbocycles. The Morgan fingerprint density at radius 1 is 1.28 bits per heavy atom. The average Bonchev–Trinajstić information content (AvgIpc) is 2.37. The second kappa shape index (κ2) is 6.02. The van der Waals surface area contributed by atoms with E-state index in [1.165, 1.54) is 25.8 Å². The topological polar surface area (TPSA) is 49.6 Å². The van der Waals surface area contributed by atoms with Gasteiger partial charge in [0.15, 0.2) is 0 Å². The number of fused-ring (bicyclic) bond motifs is 1. The Morgan fingerprint density at radius 3 is 2.78 bits per heavy atom. The van der Waals surface area contributed by atoms with E-state index in [0.29, 0.717) is 18.4 Å². The molecule has 2 N–H and O–H groups in total. The summed E-state index contributed by atoms with van der Waals surface area (Å²) >= 11 is 0. The minimum Gasteiger partial charge on any atom is -0.340 e. The molecule has 2 rings (SSSR count). The van der Waals surface area contributed by atoms with Crippen molar-refractivity contribution in [2.75, 3.05) is 26.2 Å². The predicted molar refractivity (Wildman–Crippen MR) is 73.2 cm³/mol. The number of nitrogens with zero attached hydrogens (tertiary/aromatic N) is 2. The molecule has 18 heavy (non-hydrogen) atoms. The molecule has 0 aromatic rings. The van der Waals surface area contributed by atoms with E-state index in [1.54, 1.807) is 0 Å². The molecule has 0 aromatic heterocycles. The van der Waals surface area contributed by atoms with Crippen molar-refractivity contribution in [3.8, 4) is 0 Å². The Morgan fingerprint density at radius 2 is 2.06 bits per heavy atom. The highest BCUT2D eigenvalue weighted by Gasteiger charge is 2.31. The minimum absolute atomic E-state index is 0.00175. The predicted octanol–water partition coefficient (Wildman–Crippen LogP) is 1.06. The summed E-state index contributed by atoms with van der Waals surface area (Å²) in [5.41, 5.74) is 6.00. The maximum atomic E-state index is 12.2. The van der Waals surface area contributed by atoms with Gasteiger partial charge >= 0.3 is 0 Å². The van der Waals surface area contributed by atoms with E-state index < -0.39 is 0 Å². The Hall–Kier alpha value is -0.610. The summed E-state index contributed by atoms with van der Waals surface area (Å²) in [5, 5.41) is 0. The molecule has 0 spiro atoms. The summed E-state index contributed by atoms with van der Waals surface area (Å²) < 4.78 is 0. The molecule has 2 atom stereocenters. The third-order valence-corrected chi connectivity index (χ3v) is 4.46. The number of carbonyl (C=O) groups is 1. The molecule has 0 radical (unpaired) electrons. The Balaban J connectivity index is 1.84. The third-order valence-electron chi connectivity index (χ3n) is 4.46. The van der Waals surface area contributed by atoms with Gasteiger partial charge in [-0.15, -0.1) is 0 Å². The van der Waals surface area contributed by atoms with E-state index in [0.717, 1.165) is 19.6 Å². The van der Waals surface area contributed by atoms with Crippen molar-refractivity contribution in [1.29, 1.82) is 0 Å². The van der Waals surface area contributed by atoms with Crippen molar-refractivity contribution >= 4 is 5.91 Å². The fourth-order valence-corrected chi connectivity index (χ4v) is 2.95. The normalized spacial score (nSPS) is 27.1. The number of piperazine rings is 1. The highest BCUT2D eigenvalue weighted by molar-refractivity contribution is 5.77. The number of nitrogens with two attached hydrogens (primary N) is 1. The summed E-state index contributed by atoms with van der Waals surface area (Å²) in [5.74, 6) is 0.631. The lowest BCUT2D eigenvalue weighted by molar-refractivity contribution is -0.135. The number of piperidine rings is 1. The first-order chi connectivity index (χ1) is 8.58. The number of hydrogen-bond acceptors (Lipinski definition) is 3. The molecule has 4 nitrogen and oxygen atoms in total. The van der Waals surface area contributed by atoms with Gasteiger partial charge in [-0.1, -0.05) is 20.3 Å². The molecule has 104 valence electrons. The van der Waals surface area contributed by atoms with Crippen LogP contribution in [0.2, 0.25) is 0 Å². The Labute approximate surface area is 110 Å². The Bertz CT molecular complexity index is 293. The molecule has 2 heterocycles. The SMILES string of the molecule is CC(C)C(N)CC(=O)N1CCN2CCCCC2C1. The van der Waals surface area contributed by atoms with Gasteiger partial charge in [0.1, 0.15) is 0 Å². The van der Waals surface area contributed by atoms with Crippen molar-refractivity contribution in [3.63, 3.8) is 0 Å². The van der Waals surface area contributed by atoms with E-state index in [2.05, 4.69) is 18.7 Å². The van der Waals surface area contributed by atoms with Crippen LogP contribution in [0.15, 0.2) is 0 Å². The Kier molecular flexibility index (Phi) is 4.62. The van der Waals surface area contributed by atoms with Crippen LogP contribution in [0.5, 0.6) is 0 Å². The standard InChI is InChI=1S/C14H27N3O/c1-11(2)13(15)9-14(18)17-8-7-16-6-4-3-5-12(16)10-17/h11-13H,3-10,15H2,1-2H3. The molecule has 0 saturated carbocycles. The number of hydrogen-bond donors (Lipinski definition) is 1. The lowest BCUT2D eigenvalue weighted by Crippen LogP contribution is -2.56. The molecule has 2 fully saturated rings. The van der Waals surface area contributed by atoms with Crippen LogP contribution in [-0.2, 0) is 4.79 Å². The fourth-order valence-electron chi connectivity index (χ4n) is 2.95. The smallest absolute Gasteiger partial charge is 0.224 e.